The van der Waals surface area contributed by atoms with Crippen LogP contribution in [0.4, 0.5) is 0 Å². The first kappa shape index (κ1) is 14.4. The highest BCUT2D eigenvalue weighted by atomic mass is 16.4. The van der Waals surface area contributed by atoms with Gasteiger partial charge >= 0.3 is 5.97 Å². The zero-order valence-electron chi connectivity index (χ0n) is 10.3. The highest BCUT2D eigenvalue weighted by molar-refractivity contribution is 5.90. The minimum atomic E-state index is -1.29. The van der Waals surface area contributed by atoms with Crippen LogP contribution in [0, 0.1) is 5.41 Å². The van der Waals surface area contributed by atoms with Crippen molar-refractivity contribution < 1.29 is 19.5 Å². The van der Waals surface area contributed by atoms with Crippen molar-refractivity contribution in [3.63, 3.8) is 0 Å². The number of carboxylic acid groups (broad SMARTS) is 1. The average Bonchev–Trinajstić information content (AvgIpc) is 2.58. The van der Waals surface area contributed by atoms with E-state index in [0.717, 1.165) is 12.8 Å². The van der Waals surface area contributed by atoms with Gasteiger partial charge in [-0.25, -0.2) is 4.79 Å². The topological polar surface area (TPSA) is 136 Å². The summed E-state index contributed by atoms with van der Waals surface area (Å²) in [5.41, 5.74) is 10.0. The lowest BCUT2D eigenvalue weighted by molar-refractivity contribution is -0.145. The Kier molecular flexibility index (Phi) is 4.28. The number of hydrogen-bond donors (Lipinski definition) is 4. The SMILES string of the molecule is CC1(C(=O)N[C@H](CC(N)=O)C(=O)O)CCCC1N. The molecule has 0 saturated heterocycles. The van der Waals surface area contributed by atoms with Crippen LogP contribution in [0.2, 0.25) is 0 Å². The third-order valence-electron chi connectivity index (χ3n) is 3.56. The molecule has 1 fully saturated rings. The fourth-order valence-electron chi connectivity index (χ4n) is 2.20. The summed E-state index contributed by atoms with van der Waals surface area (Å²) in [7, 11) is 0. The minimum Gasteiger partial charge on any atom is -0.480 e. The molecule has 1 aliphatic carbocycles. The molecule has 0 radical (unpaired) electrons. The quantitative estimate of drug-likeness (QED) is 0.498. The molecule has 1 aliphatic rings. The lowest BCUT2D eigenvalue weighted by Gasteiger charge is -2.29. The lowest BCUT2D eigenvalue weighted by atomic mass is 9.84. The zero-order chi connectivity index (χ0) is 13.9. The van der Waals surface area contributed by atoms with Crippen molar-refractivity contribution in [3.05, 3.63) is 0 Å². The van der Waals surface area contributed by atoms with E-state index >= 15 is 0 Å². The van der Waals surface area contributed by atoms with Gasteiger partial charge in [0.15, 0.2) is 0 Å². The molecule has 0 aromatic rings. The van der Waals surface area contributed by atoms with Gasteiger partial charge in [0.2, 0.25) is 11.8 Å². The second-order valence-corrected chi connectivity index (χ2v) is 4.95. The summed E-state index contributed by atoms with van der Waals surface area (Å²) in [6, 6.07) is -1.58. The maximum atomic E-state index is 12.1. The van der Waals surface area contributed by atoms with Crippen molar-refractivity contribution in [1.29, 1.82) is 0 Å². The highest BCUT2D eigenvalue weighted by Crippen LogP contribution is 2.36. The van der Waals surface area contributed by atoms with E-state index in [2.05, 4.69) is 5.32 Å². The molecule has 0 spiro atoms. The van der Waals surface area contributed by atoms with Crippen LogP contribution in [-0.2, 0) is 14.4 Å². The molecule has 0 aromatic carbocycles. The summed E-state index contributed by atoms with van der Waals surface area (Å²) in [4.78, 5) is 33.7. The van der Waals surface area contributed by atoms with Gasteiger partial charge in [-0.05, 0) is 19.8 Å². The summed E-state index contributed by atoms with van der Waals surface area (Å²) in [5, 5.41) is 11.3. The molecule has 1 saturated carbocycles. The minimum absolute atomic E-state index is 0.291. The Bertz CT molecular complexity index is 371. The number of nitrogens with two attached hydrogens (primary N) is 2. The average molecular weight is 257 g/mol. The van der Waals surface area contributed by atoms with E-state index in [1.807, 2.05) is 0 Å². The summed E-state index contributed by atoms with van der Waals surface area (Å²) in [6.45, 7) is 1.71. The molecular formula is C11H19N3O4. The number of hydrogen-bond acceptors (Lipinski definition) is 4. The van der Waals surface area contributed by atoms with Gasteiger partial charge in [-0.1, -0.05) is 6.42 Å². The fraction of sp³-hybridized carbons (Fsp3) is 0.727. The third kappa shape index (κ3) is 2.98. The van der Waals surface area contributed by atoms with E-state index in [1.54, 1.807) is 6.92 Å². The number of amides is 2. The molecule has 6 N–H and O–H groups in total. The van der Waals surface area contributed by atoms with Crippen LogP contribution in [0.3, 0.4) is 0 Å². The monoisotopic (exact) mass is 257 g/mol. The number of carboxylic acids is 1. The standard InChI is InChI=1S/C11H19N3O4/c1-11(4-2-3-7(11)12)10(18)14-6(9(16)17)5-8(13)15/h6-7H,2-5,12H2,1H3,(H2,13,15)(H,14,18)(H,16,17)/t6-,7?,11?/m1/s1. The second-order valence-electron chi connectivity index (χ2n) is 4.95. The molecule has 7 heteroatoms. The number of nitrogens with one attached hydrogen (secondary N) is 1. The van der Waals surface area contributed by atoms with E-state index in [1.165, 1.54) is 0 Å². The van der Waals surface area contributed by atoms with Crippen molar-refractivity contribution in [3.8, 4) is 0 Å². The van der Waals surface area contributed by atoms with Gasteiger partial charge in [0, 0.05) is 6.04 Å². The smallest absolute Gasteiger partial charge is 0.326 e. The maximum Gasteiger partial charge on any atom is 0.326 e. The predicted octanol–water partition coefficient (Wildman–Crippen LogP) is -1.05. The van der Waals surface area contributed by atoms with E-state index < -0.39 is 35.7 Å². The van der Waals surface area contributed by atoms with Crippen LogP contribution in [0.25, 0.3) is 0 Å². The summed E-state index contributed by atoms with van der Waals surface area (Å²) in [6.07, 6.45) is 1.76. The van der Waals surface area contributed by atoms with E-state index in [9.17, 15) is 14.4 Å². The van der Waals surface area contributed by atoms with Gasteiger partial charge in [0.05, 0.1) is 11.8 Å². The highest BCUT2D eigenvalue weighted by Gasteiger charge is 2.44. The number of carbonyl (C=O) groups excluding carboxylic acids is 2. The molecule has 1 rings (SSSR count). The molecule has 2 amide bonds. The third-order valence-corrected chi connectivity index (χ3v) is 3.56. The Hall–Kier alpha value is -1.63. The summed E-state index contributed by atoms with van der Waals surface area (Å²) < 4.78 is 0. The molecule has 2 unspecified atom stereocenters. The number of carbonyl (C=O) groups is 3. The molecule has 0 bridgehead atoms. The Labute approximate surface area is 105 Å². The Morgan fingerprint density at radius 2 is 2.11 bits per heavy atom. The summed E-state index contributed by atoms with van der Waals surface area (Å²) in [5.74, 6) is -2.48. The van der Waals surface area contributed by atoms with Gasteiger partial charge in [-0.3, -0.25) is 9.59 Å². The van der Waals surface area contributed by atoms with Gasteiger partial charge in [-0.15, -0.1) is 0 Å². The van der Waals surface area contributed by atoms with Gasteiger partial charge in [0.25, 0.3) is 0 Å². The van der Waals surface area contributed by atoms with Gasteiger partial charge in [0.1, 0.15) is 6.04 Å². The Morgan fingerprint density at radius 3 is 2.50 bits per heavy atom. The number of aliphatic carboxylic acids is 1. The van der Waals surface area contributed by atoms with Crippen molar-refractivity contribution in [1.82, 2.24) is 5.32 Å². The van der Waals surface area contributed by atoms with Crippen LogP contribution in [0.1, 0.15) is 32.6 Å². The summed E-state index contributed by atoms with van der Waals surface area (Å²) >= 11 is 0. The van der Waals surface area contributed by atoms with Crippen molar-refractivity contribution >= 4 is 17.8 Å². The first-order valence-electron chi connectivity index (χ1n) is 5.85. The molecule has 0 heterocycles. The van der Waals surface area contributed by atoms with Gasteiger partial charge in [-0.2, -0.15) is 0 Å². The molecule has 7 nitrogen and oxygen atoms in total. The predicted molar refractivity (Wildman–Crippen MR) is 63.3 cm³/mol. The zero-order valence-corrected chi connectivity index (χ0v) is 10.3. The van der Waals surface area contributed by atoms with Crippen LogP contribution in [0.5, 0.6) is 0 Å². The molecule has 3 atom stereocenters. The second kappa shape index (κ2) is 5.34. The number of primary amides is 1. The largest absolute Gasteiger partial charge is 0.480 e. The van der Waals surface area contributed by atoms with E-state index in [0.29, 0.717) is 6.42 Å². The fourth-order valence-corrected chi connectivity index (χ4v) is 2.20. The molecule has 0 aliphatic heterocycles. The van der Waals surface area contributed by atoms with Crippen LogP contribution in [-0.4, -0.2) is 35.0 Å². The van der Waals surface area contributed by atoms with Crippen LogP contribution in [0.15, 0.2) is 0 Å². The van der Waals surface area contributed by atoms with E-state index in [4.69, 9.17) is 16.6 Å². The van der Waals surface area contributed by atoms with Gasteiger partial charge < -0.3 is 21.9 Å². The van der Waals surface area contributed by atoms with Crippen molar-refractivity contribution in [2.45, 2.75) is 44.7 Å². The number of rotatable bonds is 5. The van der Waals surface area contributed by atoms with Crippen molar-refractivity contribution in [2.75, 3.05) is 0 Å². The maximum absolute atomic E-state index is 12.1. The Morgan fingerprint density at radius 1 is 1.50 bits per heavy atom. The first-order valence-corrected chi connectivity index (χ1v) is 5.85. The normalized spacial score (nSPS) is 28.7. The van der Waals surface area contributed by atoms with Crippen molar-refractivity contribution in [2.24, 2.45) is 16.9 Å². The lowest BCUT2D eigenvalue weighted by Crippen LogP contribution is -2.53. The molecule has 0 aromatic heterocycles. The Balaban J connectivity index is 2.72. The molecular weight excluding hydrogens is 238 g/mol. The van der Waals surface area contributed by atoms with Crippen LogP contribution >= 0.6 is 0 Å². The molecule has 102 valence electrons. The van der Waals surface area contributed by atoms with Crippen LogP contribution < -0.4 is 16.8 Å². The molecule has 18 heavy (non-hydrogen) atoms. The first-order chi connectivity index (χ1) is 8.27. The van der Waals surface area contributed by atoms with E-state index in [-0.39, 0.29) is 6.04 Å².